The molecule has 2 aromatic rings. The van der Waals surface area contributed by atoms with Crippen LogP contribution < -0.4 is 4.74 Å². The van der Waals surface area contributed by atoms with E-state index in [1.807, 2.05) is 0 Å². The molecule has 2 aliphatic rings. The Hall–Kier alpha value is -2.16. The summed E-state index contributed by atoms with van der Waals surface area (Å²) in [5.41, 5.74) is 3.39. The average molecular weight is 495 g/mol. The molecule has 2 aliphatic carbocycles. The van der Waals surface area contributed by atoms with Crippen LogP contribution in [0.3, 0.4) is 0 Å². The lowest BCUT2D eigenvalue weighted by Gasteiger charge is -2.29. The summed E-state index contributed by atoms with van der Waals surface area (Å²) in [6, 6.07) is 12.5. The molecule has 0 amide bonds. The first kappa shape index (κ1) is 26.9. The van der Waals surface area contributed by atoms with E-state index in [1.54, 1.807) is 12.1 Å². The second kappa shape index (κ2) is 13.4. The minimum Gasteiger partial charge on any atom is -0.490 e. The van der Waals surface area contributed by atoms with Gasteiger partial charge in [0, 0.05) is 0 Å². The molecule has 0 aliphatic heterocycles. The van der Waals surface area contributed by atoms with Crippen molar-refractivity contribution in [1.29, 1.82) is 0 Å². The van der Waals surface area contributed by atoms with Crippen LogP contribution in [0.15, 0.2) is 48.6 Å². The van der Waals surface area contributed by atoms with Crippen molar-refractivity contribution in [2.45, 2.75) is 103 Å². The molecule has 2 saturated carbocycles. The molecule has 0 unspecified atom stereocenters. The predicted octanol–water partition coefficient (Wildman–Crippen LogP) is 10.0. The number of rotatable bonds is 10. The molecule has 0 heterocycles. The molecule has 0 bridgehead atoms. The number of halogens is 2. The van der Waals surface area contributed by atoms with Gasteiger partial charge < -0.3 is 4.74 Å². The zero-order valence-electron chi connectivity index (χ0n) is 22.3. The first-order chi connectivity index (χ1) is 17.5. The van der Waals surface area contributed by atoms with Gasteiger partial charge in [-0.25, -0.2) is 4.39 Å². The fourth-order valence-corrected chi connectivity index (χ4v) is 6.17. The van der Waals surface area contributed by atoms with Gasteiger partial charge in [0.1, 0.15) is 0 Å². The fourth-order valence-electron chi connectivity index (χ4n) is 6.17. The maximum Gasteiger partial charge on any atom is 0.200 e. The second-order valence-electron chi connectivity index (χ2n) is 11.2. The average Bonchev–Trinajstić information content (AvgIpc) is 2.91. The van der Waals surface area contributed by atoms with Crippen molar-refractivity contribution >= 4 is 0 Å². The highest BCUT2D eigenvalue weighted by molar-refractivity contribution is 5.33. The van der Waals surface area contributed by atoms with E-state index in [0.29, 0.717) is 18.1 Å². The van der Waals surface area contributed by atoms with Gasteiger partial charge in [0.05, 0.1) is 6.61 Å². The van der Waals surface area contributed by atoms with Gasteiger partial charge in [0.25, 0.3) is 0 Å². The highest BCUT2D eigenvalue weighted by atomic mass is 19.2. The molecule has 196 valence electrons. The van der Waals surface area contributed by atoms with Crippen molar-refractivity contribution in [3.05, 3.63) is 76.9 Å². The Balaban J connectivity index is 1.16. The number of ether oxygens (including phenoxy) is 1. The van der Waals surface area contributed by atoms with E-state index in [-0.39, 0.29) is 11.7 Å². The maximum absolute atomic E-state index is 14.8. The molecule has 0 atom stereocenters. The molecule has 0 spiro atoms. The molecule has 3 heteroatoms. The lowest BCUT2D eigenvalue weighted by atomic mass is 9.76. The highest BCUT2D eigenvalue weighted by Crippen LogP contribution is 2.40. The summed E-state index contributed by atoms with van der Waals surface area (Å²) in [5.74, 6) is 0.820. The number of hydrogen-bond acceptors (Lipinski definition) is 1. The topological polar surface area (TPSA) is 9.23 Å². The third kappa shape index (κ3) is 7.20. The Morgan fingerprint density at radius 3 is 2.22 bits per heavy atom. The van der Waals surface area contributed by atoms with Crippen LogP contribution >= 0.6 is 0 Å². The van der Waals surface area contributed by atoms with Crippen LogP contribution in [0, 0.1) is 30.4 Å². The monoisotopic (exact) mass is 494 g/mol. The molecule has 0 aromatic heterocycles. The Bertz CT molecular complexity index is 964. The summed E-state index contributed by atoms with van der Waals surface area (Å²) in [6.45, 7) is 4.64. The van der Waals surface area contributed by atoms with Gasteiger partial charge in [-0.1, -0.05) is 61.4 Å². The van der Waals surface area contributed by atoms with Crippen LogP contribution in [0.5, 0.6) is 5.75 Å². The third-order valence-electron chi connectivity index (χ3n) is 8.59. The van der Waals surface area contributed by atoms with E-state index < -0.39 is 11.6 Å². The Labute approximate surface area is 217 Å². The molecule has 0 saturated heterocycles. The number of aryl methyl sites for hydroxylation is 1. The van der Waals surface area contributed by atoms with E-state index in [0.717, 1.165) is 56.8 Å². The minimum absolute atomic E-state index is 0.0498. The van der Waals surface area contributed by atoms with Crippen LogP contribution in [0.1, 0.15) is 112 Å². The largest absolute Gasteiger partial charge is 0.490 e. The molecule has 4 rings (SSSR count). The van der Waals surface area contributed by atoms with E-state index in [1.165, 1.54) is 43.2 Å². The quantitative estimate of drug-likeness (QED) is 0.236. The van der Waals surface area contributed by atoms with Crippen molar-refractivity contribution in [3.63, 3.8) is 0 Å². The van der Waals surface area contributed by atoms with Crippen molar-refractivity contribution < 1.29 is 13.5 Å². The number of unbranched alkanes of at least 4 members (excludes halogenated alkanes) is 1. The van der Waals surface area contributed by atoms with Crippen molar-refractivity contribution in [1.82, 2.24) is 0 Å². The summed E-state index contributed by atoms with van der Waals surface area (Å²) < 4.78 is 34.7. The molecule has 2 fully saturated rings. The predicted molar refractivity (Wildman–Crippen MR) is 146 cm³/mol. The van der Waals surface area contributed by atoms with Crippen LogP contribution in [0.2, 0.25) is 0 Å². The zero-order chi connectivity index (χ0) is 25.3. The highest BCUT2D eigenvalue weighted by Gasteiger charge is 2.26. The van der Waals surface area contributed by atoms with E-state index in [4.69, 9.17) is 4.74 Å². The maximum atomic E-state index is 14.8. The summed E-state index contributed by atoms with van der Waals surface area (Å²) >= 11 is 0. The molecule has 0 radical (unpaired) electrons. The summed E-state index contributed by atoms with van der Waals surface area (Å²) in [5, 5.41) is 0. The minimum atomic E-state index is -0.816. The fraction of sp³-hybridized carbons (Fsp3) is 0.576. The lowest BCUT2D eigenvalue weighted by Crippen LogP contribution is -2.15. The Morgan fingerprint density at radius 2 is 1.53 bits per heavy atom. The first-order valence-corrected chi connectivity index (χ1v) is 14.4. The standard InChI is InChI=1S/C33H44F2O/c1-3-4-23-36-31-22-21-30(32(34)33(31)35)29-19-13-26(14-20-29)8-6-5-7-25-11-17-28(18-12-25)27-15-9-24(2)10-16-27/h5,7,9-10,15-16,21-22,25-26,28-29H,3-4,6,8,11-14,17-20,23H2,1-2H3/b7-5+. The molecular formula is C33H44F2O. The molecule has 0 N–H and O–H groups in total. The summed E-state index contributed by atoms with van der Waals surface area (Å²) in [4.78, 5) is 0. The Kier molecular flexibility index (Phi) is 10.0. The van der Waals surface area contributed by atoms with E-state index in [9.17, 15) is 8.78 Å². The van der Waals surface area contributed by atoms with E-state index >= 15 is 0 Å². The number of hydrogen-bond donors (Lipinski definition) is 0. The van der Waals surface area contributed by atoms with Crippen molar-refractivity contribution in [2.24, 2.45) is 11.8 Å². The van der Waals surface area contributed by atoms with Gasteiger partial charge in [0.2, 0.25) is 5.82 Å². The Morgan fingerprint density at radius 1 is 0.833 bits per heavy atom. The second-order valence-corrected chi connectivity index (χ2v) is 11.2. The lowest BCUT2D eigenvalue weighted by molar-refractivity contribution is 0.283. The molecule has 36 heavy (non-hydrogen) atoms. The first-order valence-electron chi connectivity index (χ1n) is 14.4. The van der Waals surface area contributed by atoms with Crippen LogP contribution in [-0.4, -0.2) is 6.61 Å². The van der Waals surface area contributed by atoms with Gasteiger partial charge >= 0.3 is 0 Å². The molecular weight excluding hydrogens is 450 g/mol. The van der Waals surface area contributed by atoms with Crippen molar-refractivity contribution in [2.75, 3.05) is 6.61 Å². The summed E-state index contributed by atoms with van der Waals surface area (Å²) in [6.07, 6.45) is 18.3. The number of allylic oxidation sites excluding steroid dienone is 2. The van der Waals surface area contributed by atoms with Crippen LogP contribution in [0.4, 0.5) is 8.78 Å². The molecule has 2 aromatic carbocycles. The van der Waals surface area contributed by atoms with Gasteiger partial charge in [-0.15, -0.1) is 0 Å². The van der Waals surface area contributed by atoms with Crippen molar-refractivity contribution in [3.8, 4) is 5.75 Å². The van der Waals surface area contributed by atoms with Crippen LogP contribution in [0.25, 0.3) is 0 Å². The van der Waals surface area contributed by atoms with Crippen LogP contribution in [-0.2, 0) is 0 Å². The SMILES string of the molecule is CCCCOc1ccc(C2CCC(CC/C=C/C3CCC(c4ccc(C)cc4)CC3)CC2)c(F)c1F. The molecule has 1 nitrogen and oxygen atoms in total. The smallest absolute Gasteiger partial charge is 0.200 e. The van der Waals surface area contributed by atoms with Gasteiger partial charge in [-0.3, -0.25) is 0 Å². The number of benzene rings is 2. The van der Waals surface area contributed by atoms with Gasteiger partial charge in [-0.2, -0.15) is 4.39 Å². The zero-order valence-corrected chi connectivity index (χ0v) is 22.3. The van der Waals surface area contributed by atoms with E-state index in [2.05, 4.69) is 50.3 Å². The van der Waals surface area contributed by atoms with Gasteiger partial charge in [-0.05, 0) is 118 Å². The normalized spacial score (nSPS) is 24.8. The van der Waals surface area contributed by atoms with Gasteiger partial charge in [0.15, 0.2) is 11.6 Å². The summed E-state index contributed by atoms with van der Waals surface area (Å²) in [7, 11) is 0. The third-order valence-corrected chi connectivity index (χ3v) is 8.59.